The molecule has 0 aliphatic carbocycles. The molecule has 0 bridgehead atoms. The molecule has 0 aliphatic rings. The second-order valence-corrected chi connectivity index (χ2v) is 4.97. The summed E-state index contributed by atoms with van der Waals surface area (Å²) < 4.78 is 12.9. The van der Waals surface area contributed by atoms with Gasteiger partial charge in [0.1, 0.15) is 5.82 Å². The molecule has 0 saturated carbocycles. The summed E-state index contributed by atoms with van der Waals surface area (Å²) in [7, 11) is 0. The monoisotopic (exact) mass is 308 g/mol. The van der Waals surface area contributed by atoms with Crippen LogP contribution in [0.2, 0.25) is 0 Å². The number of aromatic nitrogens is 2. The molecule has 0 atom stereocenters. The highest BCUT2D eigenvalue weighted by Gasteiger charge is 2.09. The predicted octanol–water partition coefficient (Wildman–Crippen LogP) is 2.63. The number of benzene rings is 1. The molecule has 0 radical (unpaired) electrons. The number of carbonyl (C=O) groups excluding carboxylic acids is 1. The number of anilines is 1. The highest BCUT2D eigenvalue weighted by molar-refractivity contribution is 5.93. The van der Waals surface area contributed by atoms with E-state index in [2.05, 4.69) is 9.97 Å². The average molecular weight is 308 g/mol. The first kappa shape index (κ1) is 14.6. The number of nitrogens with two attached hydrogens (primary N) is 2. The van der Waals surface area contributed by atoms with Gasteiger partial charge in [0.05, 0.1) is 0 Å². The minimum atomic E-state index is -0.542. The van der Waals surface area contributed by atoms with Crippen molar-refractivity contribution in [3.63, 3.8) is 0 Å². The third-order valence-corrected chi connectivity index (χ3v) is 3.46. The maximum absolute atomic E-state index is 12.9. The van der Waals surface area contributed by atoms with Crippen LogP contribution in [-0.2, 0) is 0 Å². The Hall–Kier alpha value is -3.28. The lowest BCUT2D eigenvalue weighted by atomic mass is 10.0. The van der Waals surface area contributed by atoms with E-state index in [1.807, 2.05) is 6.07 Å². The summed E-state index contributed by atoms with van der Waals surface area (Å²) in [5.41, 5.74) is 14.6. The van der Waals surface area contributed by atoms with Gasteiger partial charge in [-0.05, 0) is 35.9 Å². The molecule has 0 aliphatic heterocycles. The number of pyridine rings is 2. The largest absolute Gasteiger partial charge is 0.383 e. The Morgan fingerprint density at radius 2 is 1.57 bits per heavy atom. The van der Waals surface area contributed by atoms with Crippen LogP contribution in [0.15, 0.2) is 54.9 Å². The normalized spacial score (nSPS) is 10.5. The fourth-order valence-corrected chi connectivity index (χ4v) is 2.23. The lowest BCUT2D eigenvalue weighted by Gasteiger charge is -2.09. The zero-order chi connectivity index (χ0) is 16.4. The van der Waals surface area contributed by atoms with Crippen LogP contribution in [0.4, 0.5) is 10.2 Å². The van der Waals surface area contributed by atoms with Gasteiger partial charge in [-0.15, -0.1) is 0 Å². The van der Waals surface area contributed by atoms with E-state index in [0.717, 1.165) is 16.7 Å². The quantitative estimate of drug-likeness (QED) is 0.727. The SMILES string of the molecule is NC(=O)c1ccc(-c2cc(-c3ccc(F)nc3)cnc2N)cc1. The molecule has 3 aromatic rings. The first-order chi connectivity index (χ1) is 11.0. The molecule has 0 unspecified atom stereocenters. The molecule has 0 spiro atoms. The summed E-state index contributed by atoms with van der Waals surface area (Å²) in [6, 6.07) is 11.5. The van der Waals surface area contributed by atoms with E-state index < -0.39 is 11.9 Å². The van der Waals surface area contributed by atoms with E-state index in [9.17, 15) is 9.18 Å². The Labute approximate surface area is 131 Å². The van der Waals surface area contributed by atoms with Gasteiger partial charge in [-0.1, -0.05) is 12.1 Å². The van der Waals surface area contributed by atoms with Crippen LogP contribution in [0.3, 0.4) is 0 Å². The number of carbonyl (C=O) groups is 1. The highest BCUT2D eigenvalue weighted by Crippen LogP contribution is 2.29. The summed E-state index contributed by atoms with van der Waals surface area (Å²) in [4.78, 5) is 18.9. The minimum absolute atomic E-state index is 0.357. The lowest BCUT2D eigenvalue weighted by molar-refractivity contribution is 0.100. The van der Waals surface area contributed by atoms with Crippen LogP contribution < -0.4 is 11.5 Å². The Bertz CT molecular complexity index is 861. The van der Waals surface area contributed by atoms with Crippen LogP contribution in [0.25, 0.3) is 22.3 Å². The molecule has 1 amide bonds. The summed E-state index contributed by atoms with van der Waals surface area (Å²) in [5.74, 6) is -0.677. The molecule has 4 N–H and O–H groups in total. The summed E-state index contributed by atoms with van der Waals surface area (Å²) in [6.45, 7) is 0. The standard InChI is InChI=1S/C17H13FN4O/c18-15-6-5-12(8-21-15)13-7-14(16(19)22-9-13)10-1-3-11(4-2-10)17(20)23/h1-9H,(H2,19,22)(H2,20,23). The topological polar surface area (TPSA) is 94.9 Å². The minimum Gasteiger partial charge on any atom is -0.383 e. The fourth-order valence-electron chi connectivity index (χ4n) is 2.23. The molecular formula is C17H13FN4O. The van der Waals surface area contributed by atoms with E-state index in [1.165, 1.54) is 12.3 Å². The van der Waals surface area contributed by atoms with Gasteiger partial charge in [0.2, 0.25) is 11.9 Å². The van der Waals surface area contributed by atoms with Crippen LogP contribution in [0.1, 0.15) is 10.4 Å². The van der Waals surface area contributed by atoms with E-state index in [4.69, 9.17) is 11.5 Å². The van der Waals surface area contributed by atoms with Gasteiger partial charge < -0.3 is 11.5 Å². The van der Waals surface area contributed by atoms with Crippen molar-refractivity contribution >= 4 is 11.7 Å². The molecule has 3 rings (SSSR count). The van der Waals surface area contributed by atoms with Crippen molar-refractivity contribution in [1.82, 2.24) is 9.97 Å². The summed E-state index contributed by atoms with van der Waals surface area (Å²) in [6.07, 6.45) is 3.04. The zero-order valence-corrected chi connectivity index (χ0v) is 12.0. The van der Waals surface area contributed by atoms with Gasteiger partial charge in [-0.3, -0.25) is 4.79 Å². The first-order valence-electron chi connectivity index (χ1n) is 6.82. The van der Waals surface area contributed by atoms with Gasteiger partial charge >= 0.3 is 0 Å². The average Bonchev–Trinajstić information content (AvgIpc) is 2.56. The highest BCUT2D eigenvalue weighted by atomic mass is 19.1. The maximum Gasteiger partial charge on any atom is 0.248 e. The van der Waals surface area contributed by atoms with E-state index in [0.29, 0.717) is 16.9 Å². The molecule has 1 aromatic carbocycles. The van der Waals surface area contributed by atoms with Crippen LogP contribution in [0, 0.1) is 5.95 Å². The molecule has 0 saturated heterocycles. The Morgan fingerprint density at radius 3 is 2.17 bits per heavy atom. The number of primary amides is 1. The summed E-state index contributed by atoms with van der Waals surface area (Å²) in [5, 5.41) is 0. The molecule has 23 heavy (non-hydrogen) atoms. The molecule has 2 aromatic heterocycles. The number of nitrogens with zero attached hydrogens (tertiary/aromatic N) is 2. The number of hydrogen-bond donors (Lipinski definition) is 2. The summed E-state index contributed by atoms with van der Waals surface area (Å²) >= 11 is 0. The van der Waals surface area contributed by atoms with Crippen LogP contribution in [0.5, 0.6) is 0 Å². The third kappa shape index (κ3) is 3.01. The Morgan fingerprint density at radius 1 is 0.913 bits per heavy atom. The smallest absolute Gasteiger partial charge is 0.248 e. The number of hydrogen-bond acceptors (Lipinski definition) is 4. The van der Waals surface area contributed by atoms with Gasteiger partial charge in [0.15, 0.2) is 0 Å². The molecule has 6 heteroatoms. The second-order valence-electron chi connectivity index (χ2n) is 4.97. The van der Waals surface area contributed by atoms with E-state index in [-0.39, 0.29) is 0 Å². The number of amides is 1. The molecular weight excluding hydrogens is 295 g/mol. The Kier molecular flexibility index (Phi) is 3.72. The van der Waals surface area contributed by atoms with Crippen molar-refractivity contribution in [3.8, 4) is 22.3 Å². The third-order valence-electron chi connectivity index (χ3n) is 3.46. The van der Waals surface area contributed by atoms with Gasteiger partial charge in [0.25, 0.3) is 0 Å². The van der Waals surface area contributed by atoms with Gasteiger partial charge in [-0.25, -0.2) is 9.97 Å². The van der Waals surface area contributed by atoms with Crippen molar-refractivity contribution in [2.45, 2.75) is 0 Å². The van der Waals surface area contributed by atoms with E-state index in [1.54, 1.807) is 36.5 Å². The molecule has 114 valence electrons. The van der Waals surface area contributed by atoms with Gasteiger partial charge in [-0.2, -0.15) is 4.39 Å². The molecule has 5 nitrogen and oxygen atoms in total. The van der Waals surface area contributed by atoms with Crippen LogP contribution >= 0.6 is 0 Å². The first-order valence-corrected chi connectivity index (χ1v) is 6.82. The lowest BCUT2D eigenvalue weighted by Crippen LogP contribution is -2.10. The van der Waals surface area contributed by atoms with Crippen LogP contribution in [-0.4, -0.2) is 15.9 Å². The number of nitrogen functional groups attached to an aromatic ring is 1. The van der Waals surface area contributed by atoms with Crippen molar-refractivity contribution < 1.29 is 9.18 Å². The Balaban J connectivity index is 2.03. The van der Waals surface area contributed by atoms with Gasteiger partial charge in [0, 0.05) is 34.6 Å². The van der Waals surface area contributed by atoms with Crippen molar-refractivity contribution in [2.75, 3.05) is 5.73 Å². The zero-order valence-electron chi connectivity index (χ0n) is 12.0. The van der Waals surface area contributed by atoms with Crippen molar-refractivity contribution in [2.24, 2.45) is 5.73 Å². The number of rotatable bonds is 3. The molecule has 2 heterocycles. The predicted molar refractivity (Wildman–Crippen MR) is 85.8 cm³/mol. The second kappa shape index (κ2) is 5.84. The fraction of sp³-hybridized carbons (Fsp3) is 0. The van der Waals surface area contributed by atoms with Crippen molar-refractivity contribution in [3.05, 3.63) is 66.4 Å². The van der Waals surface area contributed by atoms with E-state index >= 15 is 0 Å². The molecule has 0 fully saturated rings. The number of halogens is 1. The maximum atomic E-state index is 12.9. The van der Waals surface area contributed by atoms with Crippen molar-refractivity contribution in [1.29, 1.82) is 0 Å².